The van der Waals surface area contributed by atoms with Gasteiger partial charge in [-0.3, -0.25) is 4.79 Å². The van der Waals surface area contributed by atoms with E-state index in [1.165, 1.54) is 7.11 Å². The number of carbonyl (C=O) groups excluding carboxylic acids is 1. The lowest BCUT2D eigenvalue weighted by molar-refractivity contribution is -0.142. The van der Waals surface area contributed by atoms with Gasteiger partial charge in [-0.05, 0) is 17.9 Å². The molecule has 0 bridgehead atoms. The van der Waals surface area contributed by atoms with Gasteiger partial charge in [0, 0.05) is 5.56 Å². The highest BCUT2D eigenvalue weighted by Gasteiger charge is 2.23. The fourth-order valence-electron chi connectivity index (χ4n) is 1.98. The number of aromatic hydroxyl groups is 1. The summed E-state index contributed by atoms with van der Waals surface area (Å²) in [7, 11) is 1.37. The van der Waals surface area contributed by atoms with Crippen LogP contribution >= 0.6 is 0 Å². The zero-order chi connectivity index (χ0) is 13.0. The van der Waals surface area contributed by atoms with E-state index in [0.717, 1.165) is 5.56 Å². The summed E-state index contributed by atoms with van der Waals surface area (Å²) in [6.07, 6.45) is 0.613. The van der Waals surface area contributed by atoms with Crippen LogP contribution in [-0.2, 0) is 9.53 Å². The molecule has 0 amide bonds. The van der Waals surface area contributed by atoms with Crippen LogP contribution in [0.25, 0.3) is 0 Å². The third kappa shape index (κ3) is 2.78. The molecule has 1 atom stereocenters. The molecule has 0 saturated heterocycles. The second kappa shape index (κ2) is 5.71. The lowest BCUT2D eigenvalue weighted by atomic mass is 9.91. The number of hydrogen-bond donors (Lipinski definition) is 1. The van der Waals surface area contributed by atoms with Gasteiger partial charge in [0.1, 0.15) is 5.75 Å². The average Bonchev–Trinajstić information content (AvgIpc) is 2.31. The number of methoxy groups -OCH3 is 1. The Bertz CT molecular complexity index is 396. The Labute approximate surface area is 102 Å². The number of esters is 1. The van der Waals surface area contributed by atoms with Gasteiger partial charge in [-0.2, -0.15) is 0 Å². The molecule has 0 saturated carbocycles. The van der Waals surface area contributed by atoms with Gasteiger partial charge in [0.2, 0.25) is 0 Å². The van der Waals surface area contributed by atoms with E-state index < -0.39 is 5.92 Å². The molecule has 1 N–H and O–H groups in total. The molecular formula is C14H20O3. The normalized spacial score (nSPS) is 12.5. The largest absolute Gasteiger partial charge is 0.507 e. The van der Waals surface area contributed by atoms with Crippen LogP contribution in [0.1, 0.15) is 50.2 Å². The molecule has 0 aromatic heterocycles. The maximum Gasteiger partial charge on any atom is 0.313 e. The maximum absolute atomic E-state index is 11.6. The van der Waals surface area contributed by atoms with E-state index in [-0.39, 0.29) is 17.6 Å². The van der Waals surface area contributed by atoms with Crippen molar-refractivity contribution in [3.05, 3.63) is 29.3 Å². The second-order valence-electron chi connectivity index (χ2n) is 4.42. The number of hydrogen-bond acceptors (Lipinski definition) is 3. The van der Waals surface area contributed by atoms with Crippen molar-refractivity contribution in [3.63, 3.8) is 0 Å². The highest BCUT2D eigenvalue weighted by atomic mass is 16.5. The first-order valence-electron chi connectivity index (χ1n) is 5.92. The van der Waals surface area contributed by atoms with E-state index in [2.05, 4.69) is 0 Å². The number of rotatable bonds is 4. The number of phenols is 1. The molecule has 0 radical (unpaired) electrons. The first-order valence-corrected chi connectivity index (χ1v) is 5.92. The van der Waals surface area contributed by atoms with Crippen LogP contribution in [-0.4, -0.2) is 18.2 Å². The number of para-hydroxylation sites is 1. The average molecular weight is 236 g/mol. The molecule has 0 heterocycles. The van der Waals surface area contributed by atoms with E-state index >= 15 is 0 Å². The molecule has 17 heavy (non-hydrogen) atoms. The highest BCUT2D eigenvalue weighted by molar-refractivity contribution is 5.79. The van der Waals surface area contributed by atoms with Gasteiger partial charge in [-0.25, -0.2) is 0 Å². The lowest BCUT2D eigenvalue weighted by Gasteiger charge is -2.17. The van der Waals surface area contributed by atoms with Crippen LogP contribution in [0.3, 0.4) is 0 Å². The van der Waals surface area contributed by atoms with Gasteiger partial charge in [-0.1, -0.05) is 39.0 Å². The first-order chi connectivity index (χ1) is 8.02. The summed E-state index contributed by atoms with van der Waals surface area (Å²) >= 11 is 0. The predicted octanol–water partition coefficient (Wildman–Crippen LogP) is 3.18. The van der Waals surface area contributed by atoms with Gasteiger partial charge in [0.15, 0.2) is 0 Å². The fourth-order valence-corrected chi connectivity index (χ4v) is 1.98. The minimum absolute atomic E-state index is 0.222. The summed E-state index contributed by atoms with van der Waals surface area (Å²) in [5.74, 6) is -0.243. The maximum atomic E-state index is 11.6. The van der Waals surface area contributed by atoms with Gasteiger partial charge in [-0.15, -0.1) is 0 Å². The van der Waals surface area contributed by atoms with Crippen molar-refractivity contribution >= 4 is 5.97 Å². The van der Waals surface area contributed by atoms with Gasteiger partial charge in [0.05, 0.1) is 13.0 Å². The zero-order valence-corrected chi connectivity index (χ0v) is 10.9. The number of phenolic OH excluding ortho intramolecular Hbond substituents is 1. The van der Waals surface area contributed by atoms with Gasteiger partial charge >= 0.3 is 5.97 Å². The van der Waals surface area contributed by atoms with Gasteiger partial charge < -0.3 is 9.84 Å². The zero-order valence-electron chi connectivity index (χ0n) is 10.9. The highest BCUT2D eigenvalue weighted by Crippen LogP contribution is 2.35. The van der Waals surface area contributed by atoms with E-state index in [4.69, 9.17) is 4.74 Å². The van der Waals surface area contributed by atoms with E-state index in [0.29, 0.717) is 12.0 Å². The molecule has 0 spiro atoms. The summed E-state index contributed by atoms with van der Waals surface area (Å²) in [6.45, 7) is 5.93. The molecular weight excluding hydrogens is 216 g/mol. The molecule has 1 rings (SSSR count). The van der Waals surface area contributed by atoms with E-state index in [9.17, 15) is 9.90 Å². The SMILES string of the molecule is CCC(C(=O)OC)c1cccc(C(C)C)c1O. The molecule has 0 aliphatic rings. The van der Waals surface area contributed by atoms with Crippen LogP contribution in [0.2, 0.25) is 0 Å². The Morgan fingerprint density at radius 3 is 2.41 bits per heavy atom. The van der Waals surface area contributed by atoms with Crippen LogP contribution in [0, 0.1) is 0 Å². The van der Waals surface area contributed by atoms with Crippen molar-refractivity contribution in [2.75, 3.05) is 7.11 Å². The van der Waals surface area contributed by atoms with Crippen molar-refractivity contribution in [3.8, 4) is 5.75 Å². The Balaban J connectivity index is 3.21. The van der Waals surface area contributed by atoms with Crippen molar-refractivity contribution in [1.82, 2.24) is 0 Å². The van der Waals surface area contributed by atoms with E-state index in [1.807, 2.05) is 32.9 Å². The Morgan fingerprint density at radius 2 is 1.94 bits per heavy atom. The number of carbonyl (C=O) groups is 1. The smallest absolute Gasteiger partial charge is 0.313 e. The summed E-state index contributed by atoms with van der Waals surface area (Å²) in [5, 5.41) is 10.2. The second-order valence-corrected chi connectivity index (χ2v) is 4.42. The Kier molecular flexibility index (Phi) is 4.55. The minimum atomic E-state index is -0.390. The molecule has 0 fully saturated rings. The van der Waals surface area contributed by atoms with Crippen LogP contribution < -0.4 is 0 Å². The molecule has 0 aliphatic carbocycles. The summed E-state index contributed by atoms with van der Waals surface area (Å²) in [4.78, 5) is 11.6. The van der Waals surface area contributed by atoms with Crippen LogP contribution in [0.15, 0.2) is 18.2 Å². The summed E-state index contributed by atoms with van der Waals surface area (Å²) in [6, 6.07) is 5.54. The third-order valence-electron chi connectivity index (χ3n) is 2.99. The fraction of sp³-hybridized carbons (Fsp3) is 0.500. The van der Waals surface area contributed by atoms with E-state index in [1.54, 1.807) is 6.07 Å². The molecule has 3 heteroatoms. The van der Waals surface area contributed by atoms with Crippen molar-refractivity contribution in [2.45, 2.75) is 39.0 Å². The summed E-state index contributed by atoms with van der Waals surface area (Å²) in [5.41, 5.74) is 1.52. The lowest BCUT2D eigenvalue weighted by Crippen LogP contribution is -2.14. The molecule has 3 nitrogen and oxygen atoms in total. The van der Waals surface area contributed by atoms with Crippen LogP contribution in [0.5, 0.6) is 5.75 Å². The third-order valence-corrected chi connectivity index (χ3v) is 2.99. The molecule has 0 aliphatic heterocycles. The predicted molar refractivity (Wildman–Crippen MR) is 67.2 cm³/mol. The monoisotopic (exact) mass is 236 g/mol. The Hall–Kier alpha value is -1.51. The molecule has 1 aromatic rings. The number of benzene rings is 1. The quantitative estimate of drug-likeness (QED) is 0.817. The standard InChI is InChI=1S/C14H20O3/c1-5-10(14(16)17-4)12-8-6-7-11(9(2)3)13(12)15/h6-10,15H,5H2,1-4H3. The van der Waals surface area contributed by atoms with Crippen molar-refractivity contribution in [2.24, 2.45) is 0 Å². The molecule has 1 unspecified atom stereocenters. The molecule has 94 valence electrons. The number of ether oxygens (including phenoxy) is 1. The van der Waals surface area contributed by atoms with Crippen LogP contribution in [0.4, 0.5) is 0 Å². The summed E-state index contributed by atoms with van der Waals surface area (Å²) < 4.78 is 4.76. The first kappa shape index (κ1) is 13.6. The Morgan fingerprint density at radius 1 is 1.35 bits per heavy atom. The van der Waals surface area contributed by atoms with Crippen molar-refractivity contribution < 1.29 is 14.6 Å². The molecule has 1 aromatic carbocycles. The van der Waals surface area contributed by atoms with Gasteiger partial charge in [0.25, 0.3) is 0 Å². The topological polar surface area (TPSA) is 46.5 Å². The van der Waals surface area contributed by atoms with Crippen molar-refractivity contribution in [1.29, 1.82) is 0 Å². The minimum Gasteiger partial charge on any atom is -0.507 e.